The molecule has 0 amide bonds. The lowest BCUT2D eigenvalue weighted by Crippen LogP contribution is -1.95. The van der Waals surface area contributed by atoms with Crippen LogP contribution in [0.3, 0.4) is 0 Å². The number of anilines is 1. The first-order valence-corrected chi connectivity index (χ1v) is 8.95. The van der Waals surface area contributed by atoms with Crippen molar-refractivity contribution in [3.8, 4) is 5.75 Å². The van der Waals surface area contributed by atoms with Crippen LogP contribution in [0.5, 0.6) is 5.75 Å². The lowest BCUT2D eigenvalue weighted by molar-refractivity contribution is 0.306. The molecule has 3 nitrogen and oxygen atoms in total. The van der Waals surface area contributed by atoms with Gasteiger partial charge in [0, 0.05) is 5.02 Å². The fourth-order valence-electron chi connectivity index (χ4n) is 2.21. The normalized spacial score (nSPS) is 10.9. The highest BCUT2D eigenvalue weighted by Crippen LogP contribution is 2.33. The fraction of sp³-hybridized carbons (Fsp3) is 0.0500. The second-order valence-electron chi connectivity index (χ2n) is 5.46. The molecule has 3 aromatic carbocycles. The molecule has 132 valence electrons. The van der Waals surface area contributed by atoms with Crippen LogP contribution in [0.25, 0.3) is 0 Å². The summed E-state index contributed by atoms with van der Waals surface area (Å²) in [5, 5.41) is 5.44. The quantitative estimate of drug-likeness (QED) is 0.367. The first-order valence-electron chi connectivity index (χ1n) is 7.82. The van der Waals surface area contributed by atoms with E-state index in [0.29, 0.717) is 27.4 Å². The van der Waals surface area contributed by atoms with Crippen molar-refractivity contribution < 1.29 is 4.74 Å². The van der Waals surface area contributed by atoms with Gasteiger partial charge in [0.25, 0.3) is 0 Å². The van der Waals surface area contributed by atoms with Gasteiger partial charge in [-0.2, -0.15) is 5.10 Å². The van der Waals surface area contributed by atoms with Crippen molar-refractivity contribution in [2.45, 2.75) is 6.61 Å². The van der Waals surface area contributed by atoms with Gasteiger partial charge in [-0.05, 0) is 47.5 Å². The highest BCUT2D eigenvalue weighted by molar-refractivity contribution is 6.41. The second-order valence-corrected chi connectivity index (χ2v) is 6.71. The summed E-state index contributed by atoms with van der Waals surface area (Å²) in [5.41, 5.74) is 5.38. The van der Waals surface area contributed by atoms with Crippen LogP contribution in [0.4, 0.5) is 5.69 Å². The first-order chi connectivity index (χ1) is 12.6. The zero-order chi connectivity index (χ0) is 18.4. The van der Waals surface area contributed by atoms with Crippen LogP contribution in [0.15, 0.2) is 71.8 Å². The standard InChI is InChI=1S/C20H15Cl3N2O/c21-16-10-18(22)20(19(23)11-16)25-24-12-14-6-8-17(9-7-14)26-13-15-4-2-1-3-5-15/h1-12,25H,13H2/b24-12+. The maximum atomic E-state index is 6.10. The molecule has 0 atom stereocenters. The van der Waals surface area contributed by atoms with Crippen LogP contribution < -0.4 is 10.2 Å². The third-order valence-electron chi connectivity index (χ3n) is 3.53. The van der Waals surface area contributed by atoms with Crippen molar-refractivity contribution in [1.82, 2.24) is 0 Å². The van der Waals surface area contributed by atoms with Crippen LogP contribution in [0.1, 0.15) is 11.1 Å². The molecule has 3 rings (SSSR count). The predicted molar refractivity (Wildman–Crippen MR) is 110 cm³/mol. The van der Waals surface area contributed by atoms with Crippen molar-refractivity contribution in [1.29, 1.82) is 0 Å². The third kappa shape index (κ3) is 5.15. The highest BCUT2D eigenvalue weighted by atomic mass is 35.5. The van der Waals surface area contributed by atoms with Crippen LogP contribution >= 0.6 is 34.8 Å². The van der Waals surface area contributed by atoms with E-state index in [-0.39, 0.29) is 0 Å². The number of nitrogens with zero attached hydrogens (tertiary/aromatic N) is 1. The summed E-state index contributed by atoms with van der Waals surface area (Å²) in [5.74, 6) is 0.794. The van der Waals surface area contributed by atoms with Gasteiger partial charge in [0.2, 0.25) is 0 Å². The Labute approximate surface area is 167 Å². The molecule has 0 bridgehead atoms. The van der Waals surface area contributed by atoms with E-state index in [4.69, 9.17) is 39.5 Å². The molecule has 0 saturated carbocycles. The molecule has 0 saturated heterocycles. The van der Waals surface area contributed by atoms with Gasteiger partial charge in [-0.15, -0.1) is 0 Å². The van der Waals surface area contributed by atoms with E-state index in [1.807, 2.05) is 54.6 Å². The van der Waals surface area contributed by atoms with Gasteiger partial charge < -0.3 is 4.74 Å². The molecule has 0 aliphatic heterocycles. The molecule has 0 fully saturated rings. The number of ether oxygens (including phenoxy) is 1. The van der Waals surface area contributed by atoms with Gasteiger partial charge in [-0.3, -0.25) is 5.43 Å². The van der Waals surface area contributed by atoms with Gasteiger partial charge in [-0.1, -0.05) is 65.1 Å². The summed E-state index contributed by atoms with van der Waals surface area (Å²) in [7, 11) is 0. The zero-order valence-electron chi connectivity index (χ0n) is 13.6. The van der Waals surface area contributed by atoms with E-state index < -0.39 is 0 Å². The van der Waals surface area contributed by atoms with Crippen LogP contribution in [0.2, 0.25) is 15.1 Å². The molecular weight excluding hydrogens is 391 g/mol. The Bertz CT molecular complexity index is 874. The Hall–Kier alpha value is -2.20. The molecule has 0 aliphatic carbocycles. The minimum atomic E-state index is 0.407. The Kier molecular flexibility index (Phi) is 6.40. The minimum absolute atomic E-state index is 0.407. The molecule has 0 radical (unpaired) electrons. The topological polar surface area (TPSA) is 33.6 Å². The molecular formula is C20H15Cl3N2O. The molecule has 0 aliphatic rings. The van der Waals surface area contributed by atoms with E-state index in [1.165, 1.54) is 0 Å². The van der Waals surface area contributed by atoms with Gasteiger partial charge in [0.15, 0.2) is 0 Å². The predicted octanol–water partition coefficient (Wildman–Crippen LogP) is 6.67. The Morgan fingerprint density at radius 1 is 0.885 bits per heavy atom. The van der Waals surface area contributed by atoms with Crippen molar-refractivity contribution in [2.75, 3.05) is 5.43 Å². The Balaban J connectivity index is 1.58. The largest absolute Gasteiger partial charge is 0.489 e. The number of benzene rings is 3. The molecule has 0 heterocycles. The van der Waals surface area contributed by atoms with Gasteiger partial charge in [0.05, 0.1) is 21.9 Å². The number of hydrogen-bond acceptors (Lipinski definition) is 3. The molecule has 0 aromatic heterocycles. The van der Waals surface area contributed by atoms with Crippen molar-refractivity contribution >= 4 is 46.7 Å². The van der Waals surface area contributed by atoms with Crippen molar-refractivity contribution in [3.63, 3.8) is 0 Å². The lowest BCUT2D eigenvalue weighted by atomic mass is 10.2. The molecule has 0 spiro atoms. The first kappa shape index (κ1) is 18.6. The average Bonchev–Trinajstić information content (AvgIpc) is 2.64. The van der Waals surface area contributed by atoms with E-state index in [9.17, 15) is 0 Å². The molecule has 0 unspecified atom stereocenters. The molecule has 26 heavy (non-hydrogen) atoms. The molecule has 6 heteroatoms. The summed E-state index contributed by atoms with van der Waals surface area (Å²) < 4.78 is 5.76. The Morgan fingerprint density at radius 2 is 1.54 bits per heavy atom. The fourth-order valence-corrected chi connectivity index (χ4v) is 3.11. The van der Waals surface area contributed by atoms with Crippen LogP contribution in [0, 0.1) is 0 Å². The van der Waals surface area contributed by atoms with Crippen molar-refractivity contribution in [2.24, 2.45) is 5.10 Å². The summed E-state index contributed by atoms with van der Waals surface area (Å²) in [6, 6.07) is 20.8. The maximum absolute atomic E-state index is 6.10. The minimum Gasteiger partial charge on any atom is -0.489 e. The van der Waals surface area contributed by atoms with E-state index in [1.54, 1.807) is 18.3 Å². The highest BCUT2D eigenvalue weighted by Gasteiger charge is 2.06. The number of halogens is 3. The smallest absolute Gasteiger partial charge is 0.119 e. The van der Waals surface area contributed by atoms with E-state index in [0.717, 1.165) is 16.9 Å². The lowest BCUT2D eigenvalue weighted by Gasteiger charge is -2.07. The third-order valence-corrected chi connectivity index (χ3v) is 4.34. The van der Waals surface area contributed by atoms with E-state index >= 15 is 0 Å². The van der Waals surface area contributed by atoms with Gasteiger partial charge >= 0.3 is 0 Å². The average molecular weight is 406 g/mol. The number of nitrogens with one attached hydrogen (secondary N) is 1. The number of rotatable bonds is 6. The van der Waals surface area contributed by atoms with Crippen molar-refractivity contribution in [3.05, 3.63) is 92.9 Å². The van der Waals surface area contributed by atoms with Crippen LogP contribution in [-0.2, 0) is 6.61 Å². The second kappa shape index (κ2) is 8.95. The zero-order valence-corrected chi connectivity index (χ0v) is 15.9. The van der Waals surface area contributed by atoms with Gasteiger partial charge in [-0.25, -0.2) is 0 Å². The molecule has 1 N–H and O–H groups in total. The monoisotopic (exact) mass is 404 g/mol. The van der Waals surface area contributed by atoms with Gasteiger partial charge in [0.1, 0.15) is 12.4 Å². The number of hydrogen-bond donors (Lipinski definition) is 1. The summed E-state index contributed by atoms with van der Waals surface area (Å²) in [6.45, 7) is 0.531. The van der Waals surface area contributed by atoms with E-state index in [2.05, 4.69) is 10.5 Å². The number of hydrazone groups is 1. The van der Waals surface area contributed by atoms with Crippen LogP contribution in [-0.4, -0.2) is 6.21 Å². The molecule has 3 aromatic rings. The summed E-state index contributed by atoms with van der Waals surface area (Å²) in [6.07, 6.45) is 1.67. The maximum Gasteiger partial charge on any atom is 0.119 e. The summed E-state index contributed by atoms with van der Waals surface area (Å²) in [4.78, 5) is 0. The Morgan fingerprint density at radius 3 is 2.19 bits per heavy atom. The SMILES string of the molecule is Clc1cc(Cl)c(N/N=C/c2ccc(OCc3ccccc3)cc2)c(Cl)c1. The summed E-state index contributed by atoms with van der Waals surface area (Å²) >= 11 is 18.1.